The minimum Gasteiger partial charge on any atom is -0.341 e. The first-order chi connectivity index (χ1) is 11.0. The lowest BCUT2D eigenvalue weighted by molar-refractivity contribution is -0.134. The van der Waals surface area contributed by atoms with Crippen LogP contribution in [0.5, 0.6) is 0 Å². The maximum atomic E-state index is 13.1. The molecule has 1 aromatic carbocycles. The number of hydrogen-bond acceptors (Lipinski definition) is 2. The summed E-state index contributed by atoms with van der Waals surface area (Å²) in [6.07, 6.45) is 1.43. The number of benzene rings is 1. The number of likely N-dealkylation sites (N-methyl/N-ethyl adjacent to an activating group) is 1. The van der Waals surface area contributed by atoms with Crippen molar-refractivity contribution in [2.75, 3.05) is 25.0 Å². The SMILES string of the molecule is CCN(CC)C(=O)C1CCCN1C(=O)Nc1ccc(F)cc1Cl. The fourth-order valence-corrected chi connectivity index (χ4v) is 3.00. The molecule has 1 aliphatic rings. The predicted molar refractivity (Wildman–Crippen MR) is 88.1 cm³/mol. The van der Waals surface area contributed by atoms with E-state index in [1.165, 1.54) is 17.0 Å². The lowest BCUT2D eigenvalue weighted by Crippen LogP contribution is -2.49. The van der Waals surface area contributed by atoms with Crippen LogP contribution in [-0.2, 0) is 4.79 Å². The van der Waals surface area contributed by atoms with Gasteiger partial charge >= 0.3 is 6.03 Å². The van der Waals surface area contributed by atoms with Crippen LogP contribution < -0.4 is 5.32 Å². The van der Waals surface area contributed by atoms with Crippen molar-refractivity contribution in [3.8, 4) is 0 Å². The van der Waals surface area contributed by atoms with E-state index < -0.39 is 11.9 Å². The Bertz CT molecular complexity index is 593. The summed E-state index contributed by atoms with van der Waals surface area (Å²) in [4.78, 5) is 28.2. The molecule has 1 heterocycles. The Labute approximate surface area is 140 Å². The summed E-state index contributed by atoms with van der Waals surface area (Å²) >= 11 is 5.93. The minimum absolute atomic E-state index is 0.0344. The summed E-state index contributed by atoms with van der Waals surface area (Å²) in [6.45, 7) is 5.58. The van der Waals surface area contributed by atoms with E-state index in [0.717, 1.165) is 12.5 Å². The van der Waals surface area contributed by atoms with Crippen LogP contribution in [0.3, 0.4) is 0 Å². The summed E-state index contributed by atoms with van der Waals surface area (Å²) in [5, 5.41) is 2.79. The molecular weight excluding hydrogens is 321 g/mol. The molecule has 1 saturated heterocycles. The van der Waals surface area contributed by atoms with Crippen LogP contribution in [0.2, 0.25) is 5.02 Å². The molecule has 3 amide bonds. The predicted octanol–water partition coefficient (Wildman–Crippen LogP) is 3.34. The van der Waals surface area contributed by atoms with Crippen molar-refractivity contribution in [3.63, 3.8) is 0 Å². The molecule has 126 valence electrons. The molecule has 1 aliphatic heterocycles. The lowest BCUT2D eigenvalue weighted by Gasteiger charge is -2.29. The van der Waals surface area contributed by atoms with Gasteiger partial charge in [0.2, 0.25) is 5.91 Å². The normalized spacial score (nSPS) is 17.2. The van der Waals surface area contributed by atoms with Gasteiger partial charge < -0.3 is 15.1 Å². The van der Waals surface area contributed by atoms with Crippen LogP contribution in [0, 0.1) is 5.82 Å². The van der Waals surface area contributed by atoms with Gasteiger partial charge in [-0.2, -0.15) is 0 Å². The van der Waals surface area contributed by atoms with Gasteiger partial charge in [-0.05, 0) is 44.9 Å². The molecule has 2 rings (SSSR count). The van der Waals surface area contributed by atoms with E-state index in [4.69, 9.17) is 11.6 Å². The van der Waals surface area contributed by atoms with E-state index in [0.29, 0.717) is 31.7 Å². The molecule has 23 heavy (non-hydrogen) atoms. The Kier molecular flexibility index (Phi) is 5.82. The van der Waals surface area contributed by atoms with E-state index >= 15 is 0 Å². The molecule has 1 atom stereocenters. The van der Waals surface area contributed by atoms with Gasteiger partial charge in [-0.3, -0.25) is 4.79 Å². The summed E-state index contributed by atoms with van der Waals surface area (Å²) < 4.78 is 13.1. The molecule has 0 spiro atoms. The maximum absolute atomic E-state index is 13.1. The third-order valence-corrected chi connectivity index (χ3v) is 4.36. The van der Waals surface area contributed by atoms with Gasteiger partial charge in [-0.25, -0.2) is 9.18 Å². The highest BCUT2D eigenvalue weighted by Crippen LogP contribution is 2.25. The number of nitrogens with zero attached hydrogens (tertiary/aromatic N) is 2. The number of anilines is 1. The number of amides is 3. The topological polar surface area (TPSA) is 52.7 Å². The molecule has 1 fully saturated rings. The van der Waals surface area contributed by atoms with E-state index in [1.54, 1.807) is 4.90 Å². The van der Waals surface area contributed by atoms with Gasteiger partial charge in [0, 0.05) is 19.6 Å². The number of hydrogen-bond donors (Lipinski definition) is 1. The Morgan fingerprint density at radius 1 is 1.39 bits per heavy atom. The molecule has 1 N–H and O–H groups in total. The van der Waals surface area contributed by atoms with Crippen LogP contribution in [0.1, 0.15) is 26.7 Å². The summed E-state index contributed by atoms with van der Waals surface area (Å²) in [6, 6.07) is 2.94. The first-order valence-corrected chi connectivity index (χ1v) is 8.17. The number of likely N-dealkylation sites (tertiary alicyclic amines) is 1. The Hall–Kier alpha value is -1.82. The van der Waals surface area contributed by atoms with Crippen LogP contribution in [0.15, 0.2) is 18.2 Å². The number of halogens is 2. The number of rotatable bonds is 4. The highest BCUT2D eigenvalue weighted by molar-refractivity contribution is 6.33. The van der Waals surface area contributed by atoms with E-state index in [2.05, 4.69) is 5.32 Å². The minimum atomic E-state index is -0.469. The van der Waals surface area contributed by atoms with E-state index in [-0.39, 0.29) is 17.0 Å². The van der Waals surface area contributed by atoms with Crippen molar-refractivity contribution in [3.05, 3.63) is 29.0 Å². The first kappa shape index (κ1) is 17.5. The van der Waals surface area contributed by atoms with Gasteiger partial charge in [0.25, 0.3) is 0 Å². The molecule has 5 nitrogen and oxygen atoms in total. The zero-order valence-corrected chi connectivity index (χ0v) is 14.1. The molecule has 0 radical (unpaired) electrons. The summed E-state index contributed by atoms with van der Waals surface area (Å²) in [5.41, 5.74) is 0.332. The van der Waals surface area contributed by atoms with Gasteiger partial charge in [-0.1, -0.05) is 11.6 Å². The summed E-state index contributed by atoms with van der Waals surface area (Å²) in [7, 11) is 0. The van der Waals surface area contributed by atoms with E-state index in [1.807, 2.05) is 13.8 Å². The van der Waals surface area contributed by atoms with Crippen LogP contribution in [-0.4, -0.2) is 47.4 Å². The van der Waals surface area contributed by atoms with Crippen LogP contribution in [0.4, 0.5) is 14.9 Å². The fraction of sp³-hybridized carbons (Fsp3) is 0.500. The molecule has 1 aromatic rings. The first-order valence-electron chi connectivity index (χ1n) is 7.79. The average Bonchev–Trinajstić information content (AvgIpc) is 3.00. The second kappa shape index (κ2) is 7.64. The van der Waals surface area contributed by atoms with Gasteiger partial charge in [0.1, 0.15) is 11.9 Å². The Balaban J connectivity index is 2.10. The zero-order chi connectivity index (χ0) is 17.0. The highest BCUT2D eigenvalue weighted by atomic mass is 35.5. The van der Waals surface area contributed by atoms with E-state index in [9.17, 15) is 14.0 Å². The van der Waals surface area contributed by atoms with Gasteiger partial charge in [-0.15, -0.1) is 0 Å². The Morgan fingerprint density at radius 2 is 2.09 bits per heavy atom. The lowest BCUT2D eigenvalue weighted by atomic mass is 10.2. The Morgan fingerprint density at radius 3 is 2.70 bits per heavy atom. The zero-order valence-electron chi connectivity index (χ0n) is 13.3. The number of carbonyl (C=O) groups excluding carboxylic acids is 2. The van der Waals surface area contributed by atoms with Crippen molar-refractivity contribution >= 4 is 29.2 Å². The van der Waals surface area contributed by atoms with Crippen LogP contribution >= 0.6 is 11.6 Å². The molecule has 7 heteroatoms. The maximum Gasteiger partial charge on any atom is 0.322 e. The molecule has 0 saturated carbocycles. The number of nitrogens with one attached hydrogen (secondary N) is 1. The summed E-state index contributed by atoms with van der Waals surface area (Å²) in [5.74, 6) is -0.503. The molecule has 0 bridgehead atoms. The van der Waals surface area contributed by atoms with Crippen molar-refractivity contribution in [1.29, 1.82) is 0 Å². The monoisotopic (exact) mass is 341 g/mol. The second-order valence-corrected chi connectivity index (χ2v) is 5.82. The van der Waals surface area contributed by atoms with Crippen molar-refractivity contribution in [2.45, 2.75) is 32.7 Å². The number of urea groups is 1. The van der Waals surface area contributed by atoms with Gasteiger partial charge in [0.05, 0.1) is 10.7 Å². The molecular formula is C16H21ClFN3O2. The van der Waals surface area contributed by atoms with Crippen LogP contribution in [0.25, 0.3) is 0 Å². The molecule has 0 aromatic heterocycles. The quantitative estimate of drug-likeness (QED) is 0.913. The van der Waals surface area contributed by atoms with Gasteiger partial charge in [0.15, 0.2) is 0 Å². The fourth-order valence-electron chi connectivity index (χ4n) is 2.79. The highest BCUT2D eigenvalue weighted by Gasteiger charge is 2.36. The third-order valence-electron chi connectivity index (χ3n) is 4.05. The third kappa shape index (κ3) is 3.93. The molecule has 1 unspecified atom stereocenters. The van der Waals surface area contributed by atoms with Crippen molar-refractivity contribution in [2.24, 2.45) is 0 Å². The standard InChI is InChI=1S/C16H21ClFN3O2/c1-3-20(4-2)15(22)14-6-5-9-21(14)16(23)19-13-8-7-11(18)10-12(13)17/h7-8,10,14H,3-6,9H2,1-2H3,(H,19,23). The second-order valence-electron chi connectivity index (χ2n) is 5.42. The van der Waals surface area contributed by atoms with Crippen molar-refractivity contribution < 1.29 is 14.0 Å². The molecule has 0 aliphatic carbocycles. The number of carbonyl (C=O) groups is 2. The van der Waals surface area contributed by atoms with Crippen molar-refractivity contribution in [1.82, 2.24) is 9.80 Å². The largest absolute Gasteiger partial charge is 0.341 e. The average molecular weight is 342 g/mol. The smallest absolute Gasteiger partial charge is 0.322 e.